The lowest BCUT2D eigenvalue weighted by Gasteiger charge is -2.27. The number of aromatic amines is 1. The maximum atomic E-state index is 11.5. The molecule has 6 nitrogen and oxygen atoms in total. The Morgan fingerprint density at radius 1 is 1.33 bits per heavy atom. The van der Waals surface area contributed by atoms with Gasteiger partial charge in [0.2, 0.25) is 5.95 Å². The fraction of sp³-hybridized carbons (Fsp3) is 0.235. The largest absolute Gasteiger partial charge is 0.465 e. The van der Waals surface area contributed by atoms with Gasteiger partial charge in [0.1, 0.15) is 0 Å². The van der Waals surface area contributed by atoms with Crippen molar-refractivity contribution in [2.45, 2.75) is 13.0 Å². The highest BCUT2D eigenvalue weighted by Crippen LogP contribution is 2.30. The lowest BCUT2D eigenvalue weighted by molar-refractivity contribution is 0.0600. The molecule has 1 aromatic carbocycles. The number of nitrogens with zero attached hydrogens (tertiary/aromatic N) is 3. The van der Waals surface area contributed by atoms with Crippen LogP contribution in [0.3, 0.4) is 0 Å². The number of aromatic nitrogens is 3. The summed E-state index contributed by atoms with van der Waals surface area (Å²) < 4.78 is 5.74. The van der Waals surface area contributed by atoms with Gasteiger partial charge in [0.25, 0.3) is 0 Å². The first kappa shape index (κ1) is 15.1. The van der Waals surface area contributed by atoms with Gasteiger partial charge in [-0.3, -0.25) is 0 Å². The van der Waals surface area contributed by atoms with Crippen LogP contribution >= 0.6 is 15.9 Å². The van der Waals surface area contributed by atoms with Crippen molar-refractivity contribution in [3.63, 3.8) is 0 Å². The number of carbonyl (C=O) groups is 1. The molecule has 7 heteroatoms. The van der Waals surface area contributed by atoms with Gasteiger partial charge in [-0.25, -0.2) is 14.8 Å². The molecule has 0 aliphatic carbocycles. The molecule has 0 spiro atoms. The van der Waals surface area contributed by atoms with E-state index in [1.807, 2.05) is 0 Å². The van der Waals surface area contributed by atoms with E-state index in [0.29, 0.717) is 11.5 Å². The average molecular weight is 387 g/mol. The monoisotopic (exact) mass is 386 g/mol. The maximum absolute atomic E-state index is 11.5. The topological polar surface area (TPSA) is 71.1 Å². The Bertz CT molecular complexity index is 920. The Kier molecular flexibility index (Phi) is 3.72. The molecule has 0 unspecified atom stereocenters. The quantitative estimate of drug-likeness (QED) is 0.685. The fourth-order valence-electron chi connectivity index (χ4n) is 3.07. The molecular formula is C17H15BrN4O2. The summed E-state index contributed by atoms with van der Waals surface area (Å²) in [6.07, 6.45) is 3.93. The Morgan fingerprint density at radius 3 is 2.88 bits per heavy atom. The minimum atomic E-state index is -0.426. The van der Waals surface area contributed by atoms with E-state index in [-0.39, 0.29) is 0 Å². The Hall–Kier alpha value is -2.41. The van der Waals surface area contributed by atoms with E-state index in [1.54, 1.807) is 0 Å². The van der Waals surface area contributed by atoms with Crippen molar-refractivity contribution in [1.29, 1.82) is 0 Å². The number of benzene rings is 1. The van der Waals surface area contributed by atoms with Gasteiger partial charge in [-0.05, 0) is 12.1 Å². The van der Waals surface area contributed by atoms with E-state index >= 15 is 0 Å². The third-order valence-corrected chi connectivity index (χ3v) is 4.77. The van der Waals surface area contributed by atoms with Crippen LogP contribution in [0.1, 0.15) is 21.6 Å². The SMILES string of the molecule is COC(=O)c1cnc(N2CCc3[nH]c4cc(Br)ccc4c3C2)nc1. The molecule has 1 aliphatic rings. The number of nitrogens with one attached hydrogen (secondary N) is 1. The minimum absolute atomic E-state index is 0.357. The van der Waals surface area contributed by atoms with Crippen LogP contribution in [0, 0.1) is 0 Å². The molecule has 0 amide bonds. The average Bonchev–Trinajstić information content (AvgIpc) is 2.97. The fourth-order valence-corrected chi connectivity index (χ4v) is 3.43. The zero-order valence-corrected chi connectivity index (χ0v) is 14.6. The first-order chi connectivity index (χ1) is 11.7. The van der Waals surface area contributed by atoms with E-state index in [0.717, 1.165) is 29.5 Å². The Balaban J connectivity index is 1.64. The van der Waals surface area contributed by atoms with Crippen molar-refractivity contribution in [2.75, 3.05) is 18.6 Å². The normalized spacial score (nSPS) is 13.8. The van der Waals surface area contributed by atoms with E-state index in [4.69, 9.17) is 0 Å². The number of rotatable bonds is 2. The molecule has 0 saturated heterocycles. The molecule has 4 rings (SSSR count). The van der Waals surface area contributed by atoms with Gasteiger partial charge in [0.15, 0.2) is 0 Å². The third-order valence-electron chi connectivity index (χ3n) is 4.28. The lowest BCUT2D eigenvalue weighted by Crippen LogP contribution is -2.31. The zero-order chi connectivity index (χ0) is 16.7. The van der Waals surface area contributed by atoms with E-state index in [2.05, 4.69) is 58.7 Å². The second-order valence-electron chi connectivity index (χ2n) is 5.71. The number of H-pyrrole nitrogens is 1. The van der Waals surface area contributed by atoms with Crippen molar-refractivity contribution in [2.24, 2.45) is 0 Å². The number of fused-ring (bicyclic) bond motifs is 3. The lowest BCUT2D eigenvalue weighted by atomic mass is 10.0. The van der Waals surface area contributed by atoms with Crippen molar-refractivity contribution in [3.05, 3.63) is 51.9 Å². The number of ether oxygens (including phenoxy) is 1. The Labute approximate surface area is 147 Å². The summed E-state index contributed by atoms with van der Waals surface area (Å²) in [7, 11) is 1.35. The Morgan fingerprint density at radius 2 is 2.12 bits per heavy atom. The number of esters is 1. The van der Waals surface area contributed by atoms with Crippen LogP contribution < -0.4 is 4.90 Å². The zero-order valence-electron chi connectivity index (χ0n) is 13.0. The highest BCUT2D eigenvalue weighted by Gasteiger charge is 2.22. The number of methoxy groups -OCH3 is 1. The summed E-state index contributed by atoms with van der Waals surface area (Å²) in [6.45, 7) is 1.58. The number of hydrogen-bond donors (Lipinski definition) is 1. The predicted molar refractivity (Wildman–Crippen MR) is 94.1 cm³/mol. The van der Waals surface area contributed by atoms with Crippen LogP contribution in [0.5, 0.6) is 0 Å². The smallest absolute Gasteiger partial charge is 0.341 e. The van der Waals surface area contributed by atoms with Crippen molar-refractivity contribution >= 4 is 38.8 Å². The molecule has 1 aliphatic heterocycles. The van der Waals surface area contributed by atoms with E-state index in [1.165, 1.54) is 36.1 Å². The highest BCUT2D eigenvalue weighted by molar-refractivity contribution is 9.10. The van der Waals surface area contributed by atoms with E-state index in [9.17, 15) is 4.79 Å². The standard InChI is InChI=1S/C17H15BrN4O2/c1-24-16(23)10-7-19-17(20-8-10)22-5-4-14-13(9-22)12-3-2-11(18)6-15(12)21-14/h2-3,6-8,21H,4-5,9H2,1H3. The molecule has 0 bridgehead atoms. The number of halogens is 1. The minimum Gasteiger partial charge on any atom is -0.465 e. The second-order valence-corrected chi connectivity index (χ2v) is 6.62. The van der Waals surface area contributed by atoms with Crippen LogP contribution in [-0.2, 0) is 17.7 Å². The predicted octanol–water partition coefficient (Wildman–Crippen LogP) is 3.07. The van der Waals surface area contributed by atoms with Crippen LogP contribution in [-0.4, -0.2) is 34.6 Å². The van der Waals surface area contributed by atoms with Crippen LogP contribution in [0.2, 0.25) is 0 Å². The molecule has 3 aromatic rings. The molecule has 0 saturated carbocycles. The van der Waals surface area contributed by atoms with Gasteiger partial charge < -0.3 is 14.6 Å². The first-order valence-corrected chi connectivity index (χ1v) is 8.39. The second kappa shape index (κ2) is 5.90. The van der Waals surface area contributed by atoms with Gasteiger partial charge >= 0.3 is 5.97 Å². The van der Waals surface area contributed by atoms with Gasteiger partial charge in [-0.15, -0.1) is 0 Å². The number of hydrogen-bond acceptors (Lipinski definition) is 5. The molecular weight excluding hydrogens is 372 g/mol. The molecule has 122 valence electrons. The van der Waals surface area contributed by atoms with Gasteiger partial charge in [0.05, 0.1) is 12.7 Å². The first-order valence-electron chi connectivity index (χ1n) is 7.60. The van der Waals surface area contributed by atoms with Gasteiger partial charge in [0, 0.05) is 58.5 Å². The van der Waals surface area contributed by atoms with Gasteiger partial charge in [-0.1, -0.05) is 22.0 Å². The molecule has 3 heterocycles. The molecule has 1 N–H and O–H groups in total. The molecule has 0 atom stereocenters. The van der Waals surface area contributed by atoms with Crippen LogP contribution in [0.4, 0.5) is 5.95 Å². The summed E-state index contributed by atoms with van der Waals surface area (Å²) in [5, 5.41) is 1.23. The summed E-state index contributed by atoms with van der Waals surface area (Å²) in [5.41, 5.74) is 4.05. The third kappa shape index (κ3) is 2.54. The van der Waals surface area contributed by atoms with Crippen molar-refractivity contribution in [1.82, 2.24) is 15.0 Å². The summed E-state index contributed by atoms with van der Waals surface area (Å²) >= 11 is 3.51. The molecule has 0 fully saturated rings. The van der Waals surface area contributed by atoms with Crippen LogP contribution in [0.25, 0.3) is 10.9 Å². The highest BCUT2D eigenvalue weighted by atomic mass is 79.9. The van der Waals surface area contributed by atoms with E-state index < -0.39 is 5.97 Å². The summed E-state index contributed by atoms with van der Waals surface area (Å²) in [5.74, 6) is 0.199. The summed E-state index contributed by atoms with van der Waals surface area (Å²) in [4.78, 5) is 25.7. The maximum Gasteiger partial charge on any atom is 0.341 e. The summed E-state index contributed by atoms with van der Waals surface area (Å²) in [6, 6.07) is 6.27. The molecule has 24 heavy (non-hydrogen) atoms. The molecule has 2 aromatic heterocycles. The van der Waals surface area contributed by atoms with Gasteiger partial charge in [-0.2, -0.15) is 0 Å². The molecule has 0 radical (unpaired) electrons. The van der Waals surface area contributed by atoms with Crippen molar-refractivity contribution < 1.29 is 9.53 Å². The van der Waals surface area contributed by atoms with Crippen molar-refractivity contribution in [3.8, 4) is 0 Å². The number of anilines is 1. The number of carbonyl (C=O) groups excluding carboxylic acids is 1. The van der Waals surface area contributed by atoms with Crippen LogP contribution in [0.15, 0.2) is 35.1 Å².